The van der Waals surface area contributed by atoms with Gasteiger partial charge in [-0.3, -0.25) is 4.79 Å². The molecule has 3 nitrogen and oxygen atoms in total. The minimum atomic E-state index is -0.528. The second kappa shape index (κ2) is 4.47. The molecule has 0 aromatic heterocycles. The van der Waals surface area contributed by atoms with Gasteiger partial charge in [-0.05, 0) is 30.4 Å². The molecule has 1 fully saturated rings. The standard InChI is InChI=1S/C15H20O3/c1-9(8-16)11-7-15(3)10(2)4-5-13(17)12(15)6-14(11)18/h6-10,13,17H,4-5H2,1-3H3/t9?,10-,13+,15+/m0/s1. The van der Waals surface area contributed by atoms with Crippen LogP contribution in [0.3, 0.4) is 0 Å². The van der Waals surface area contributed by atoms with E-state index in [2.05, 4.69) is 13.8 Å². The molecule has 0 aromatic carbocycles. The Morgan fingerprint density at radius 2 is 2.17 bits per heavy atom. The Balaban J connectivity index is 2.48. The summed E-state index contributed by atoms with van der Waals surface area (Å²) >= 11 is 0. The fraction of sp³-hybridized carbons (Fsp3) is 0.600. The lowest BCUT2D eigenvalue weighted by atomic mass is 9.60. The lowest BCUT2D eigenvalue weighted by Crippen LogP contribution is -2.40. The van der Waals surface area contributed by atoms with Gasteiger partial charge < -0.3 is 9.90 Å². The van der Waals surface area contributed by atoms with Crippen LogP contribution in [0.4, 0.5) is 0 Å². The summed E-state index contributed by atoms with van der Waals surface area (Å²) in [7, 11) is 0. The van der Waals surface area contributed by atoms with Crippen molar-refractivity contribution in [3.63, 3.8) is 0 Å². The van der Waals surface area contributed by atoms with Crippen molar-refractivity contribution in [1.82, 2.24) is 0 Å². The van der Waals surface area contributed by atoms with E-state index in [9.17, 15) is 14.7 Å². The van der Waals surface area contributed by atoms with Gasteiger partial charge in [0.15, 0.2) is 5.78 Å². The van der Waals surface area contributed by atoms with Gasteiger partial charge in [0, 0.05) is 16.9 Å². The number of carbonyl (C=O) groups excluding carboxylic acids is 2. The predicted molar refractivity (Wildman–Crippen MR) is 68.9 cm³/mol. The van der Waals surface area contributed by atoms with E-state index in [1.54, 1.807) is 13.0 Å². The zero-order chi connectivity index (χ0) is 13.5. The van der Waals surface area contributed by atoms with Crippen LogP contribution in [0.5, 0.6) is 0 Å². The Hall–Kier alpha value is -1.22. The highest BCUT2D eigenvalue weighted by molar-refractivity contribution is 6.08. The number of rotatable bonds is 2. The minimum Gasteiger partial charge on any atom is -0.389 e. The summed E-state index contributed by atoms with van der Waals surface area (Å²) in [5.41, 5.74) is 1.09. The number of carbonyl (C=O) groups is 2. The van der Waals surface area contributed by atoms with Crippen molar-refractivity contribution in [2.75, 3.05) is 0 Å². The second-order valence-electron chi connectivity index (χ2n) is 5.77. The van der Waals surface area contributed by atoms with Gasteiger partial charge >= 0.3 is 0 Å². The molecular formula is C15H20O3. The Bertz CT molecular complexity index is 447. The lowest BCUT2D eigenvalue weighted by Gasteiger charge is -2.44. The number of hydrogen-bond donors (Lipinski definition) is 1. The summed E-state index contributed by atoms with van der Waals surface area (Å²) in [6, 6.07) is 0. The summed E-state index contributed by atoms with van der Waals surface area (Å²) < 4.78 is 0. The molecule has 1 unspecified atom stereocenters. The van der Waals surface area contributed by atoms with E-state index in [1.807, 2.05) is 6.08 Å². The molecule has 0 heterocycles. The van der Waals surface area contributed by atoms with Gasteiger partial charge in [-0.15, -0.1) is 0 Å². The molecule has 1 N–H and O–H groups in total. The summed E-state index contributed by atoms with van der Waals surface area (Å²) in [5, 5.41) is 10.1. The van der Waals surface area contributed by atoms with E-state index < -0.39 is 6.10 Å². The Morgan fingerprint density at radius 1 is 1.50 bits per heavy atom. The van der Waals surface area contributed by atoms with Crippen LogP contribution in [0.1, 0.15) is 33.6 Å². The number of allylic oxidation sites excluding steroid dienone is 3. The first-order chi connectivity index (χ1) is 8.40. The number of aliphatic hydroxyl groups excluding tert-OH is 1. The molecule has 0 bridgehead atoms. The fourth-order valence-corrected chi connectivity index (χ4v) is 3.03. The Kier molecular flexibility index (Phi) is 3.28. The normalized spacial score (nSPS) is 37.4. The molecule has 0 amide bonds. The number of ketones is 1. The molecule has 0 aliphatic heterocycles. The lowest BCUT2D eigenvalue weighted by molar-refractivity contribution is -0.115. The molecule has 2 aliphatic rings. The van der Waals surface area contributed by atoms with Gasteiger partial charge in [-0.1, -0.05) is 26.8 Å². The van der Waals surface area contributed by atoms with Crippen molar-refractivity contribution in [1.29, 1.82) is 0 Å². The van der Waals surface area contributed by atoms with Crippen molar-refractivity contribution in [3.05, 3.63) is 23.3 Å². The highest BCUT2D eigenvalue weighted by Gasteiger charge is 2.43. The molecule has 1 saturated carbocycles. The summed E-state index contributed by atoms with van der Waals surface area (Å²) in [4.78, 5) is 22.9. The van der Waals surface area contributed by atoms with Crippen LogP contribution in [-0.4, -0.2) is 23.3 Å². The molecule has 0 aromatic rings. The van der Waals surface area contributed by atoms with Gasteiger partial charge in [0.2, 0.25) is 0 Å². The summed E-state index contributed by atoms with van der Waals surface area (Å²) in [5.74, 6) is -0.136. The molecule has 2 rings (SSSR count). The van der Waals surface area contributed by atoms with Crippen molar-refractivity contribution in [2.24, 2.45) is 17.3 Å². The van der Waals surface area contributed by atoms with Crippen molar-refractivity contribution in [2.45, 2.75) is 39.7 Å². The van der Waals surface area contributed by atoms with E-state index in [1.165, 1.54) is 0 Å². The van der Waals surface area contributed by atoms with Gasteiger partial charge in [0.05, 0.1) is 6.10 Å². The van der Waals surface area contributed by atoms with E-state index >= 15 is 0 Å². The van der Waals surface area contributed by atoms with Gasteiger partial charge in [0.1, 0.15) is 6.29 Å². The number of aliphatic hydroxyl groups is 1. The van der Waals surface area contributed by atoms with E-state index in [4.69, 9.17) is 0 Å². The third kappa shape index (κ3) is 1.87. The van der Waals surface area contributed by atoms with Crippen LogP contribution in [0, 0.1) is 17.3 Å². The molecule has 0 saturated heterocycles. The minimum absolute atomic E-state index is 0.129. The van der Waals surface area contributed by atoms with Crippen molar-refractivity contribution in [3.8, 4) is 0 Å². The maximum Gasteiger partial charge on any atom is 0.182 e. The van der Waals surface area contributed by atoms with Crippen LogP contribution in [0.25, 0.3) is 0 Å². The molecule has 18 heavy (non-hydrogen) atoms. The van der Waals surface area contributed by atoms with Crippen LogP contribution < -0.4 is 0 Å². The quantitative estimate of drug-likeness (QED) is 0.761. The smallest absolute Gasteiger partial charge is 0.182 e. The molecule has 98 valence electrons. The van der Waals surface area contributed by atoms with E-state index in [-0.39, 0.29) is 17.1 Å². The summed E-state index contributed by atoms with van der Waals surface area (Å²) in [6.07, 6.45) is 5.38. The van der Waals surface area contributed by atoms with Crippen LogP contribution in [0.2, 0.25) is 0 Å². The van der Waals surface area contributed by atoms with Crippen molar-refractivity contribution >= 4 is 12.1 Å². The third-order valence-electron chi connectivity index (χ3n) is 4.60. The highest BCUT2D eigenvalue weighted by atomic mass is 16.3. The van der Waals surface area contributed by atoms with E-state index in [0.717, 1.165) is 18.3 Å². The largest absolute Gasteiger partial charge is 0.389 e. The monoisotopic (exact) mass is 248 g/mol. The number of fused-ring (bicyclic) bond motifs is 1. The predicted octanol–water partition coefficient (Wildman–Crippen LogP) is 2.05. The second-order valence-corrected chi connectivity index (χ2v) is 5.77. The average Bonchev–Trinajstić information content (AvgIpc) is 2.35. The highest BCUT2D eigenvalue weighted by Crippen LogP contribution is 2.49. The zero-order valence-electron chi connectivity index (χ0n) is 11.1. The molecule has 0 radical (unpaired) electrons. The SMILES string of the molecule is CC(C=O)C1=C[C@@]2(C)C(=CC1=O)[C@H](O)CC[C@@H]2C. The topological polar surface area (TPSA) is 54.4 Å². The first-order valence-electron chi connectivity index (χ1n) is 6.52. The maximum atomic E-state index is 12.0. The van der Waals surface area contributed by atoms with Crippen molar-refractivity contribution < 1.29 is 14.7 Å². The first-order valence-corrected chi connectivity index (χ1v) is 6.52. The van der Waals surface area contributed by atoms with Crippen LogP contribution in [0.15, 0.2) is 23.3 Å². The van der Waals surface area contributed by atoms with Gasteiger partial charge in [-0.25, -0.2) is 0 Å². The Morgan fingerprint density at radius 3 is 2.78 bits per heavy atom. The molecule has 2 aliphatic carbocycles. The first kappa shape index (κ1) is 13.2. The fourth-order valence-electron chi connectivity index (χ4n) is 3.03. The Labute approximate surface area is 108 Å². The van der Waals surface area contributed by atoms with E-state index in [0.29, 0.717) is 17.9 Å². The number of hydrogen-bond acceptors (Lipinski definition) is 3. The van der Waals surface area contributed by atoms with Gasteiger partial charge in [-0.2, -0.15) is 0 Å². The number of aldehydes is 1. The third-order valence-corrected chi connectivity index (χ3v) is 4.60. The summed E-state index contributed by atoms with van der Waals surface area (Å²) in [6.45, 7) is 5.92. The maximum absolute atomic E-state index is 12.0. The van der Waals surface area contributed by atoms with Crippen LogP contribution >= 0.6 is 0 Å². The average molecular weight is 248 g/mol. The zero-order valence-corrected chi connectivity index (χ0v) is 11.1. The molecule has 0 spiro atoms. The van der Waals surface area contributed by atoms with Gasteiger partial charge in [0.25, 0.3) is 0 Å². The molecular weight excluding hydrogens is 228 g/mol. The molecule has 4 atom stereocenters. The van der Waals surface area contributed by atoms with Crippen LogP contribution in [-0.2, 0) is 9.59 Å². The molecule has 3 heteroatoms.